The average Bonchev–Trinajstić information content (AvgIpc) is 2.71. The molecule has 1 fully saturated rings. The van der Waals surface area contributed by atoms with Gasteiger partial charge in [-0.05, 0) is 41.8 Å². The molecule has 1 heterocycles. The Hall–Kier alpha value is -2.44. The van der Waals surface area contributed by atoms with Crippen molar-refractivity contribution in [2.24, 2.45) is 0 Å². The molecule has 0 atom stereocenters. The SMILES string of the molecule is COc1ccc(CN2CCN(CC(=O)NCc3ccc(F)c(C)c3)CC2)cc1. The number of carbonyl (C=O) groups is 1. The third kappa shape index (κ3) is 5.78. The molecule has 1 amide bonds. The van der Waals surface area contributed by atoms with Crippen molar-refractivity contribution in [3.05, 3.63) is 65.0 Å². The molecule has 1 aliphatic heterocycles. The summed E-state index contributed by atoms with van der Waals surface area (Å²) >= 11 is 0. The van der Waals surface area contributed by atoms with Gasteiger partial charge in [0.25, 0.3) is 0 Å². The number of benzene rings is 2. The molecule has 3 rings (SSSR count). The Morgan fingerprint density at radius 3 is 2.32 bits per heavy atom. The predicted octanol–water partition coefficient (Wildman–Crippen LogP) is 2.58. The van der Waals surface area contributed by atoms with Crippen molar-refractivity contribution in [1.29, 1.82) is 0 Å². The highest BCUT2D eigenvalue weighted by Crippen LogP contribution is 2.14. The number of carbonyl (C=O) groups excluding carboxylic acids is 1. The van der Waals surface area contributed by atoms with E-state index in [0.29, 0.717) is 18.7 Å². The summed E-state index contributed by atoms with van der Waals surface area (Å²) in [5, 5.41) is 2.93. The van der Waals surface area contributed by atoms with Crippen molar-refractivity contribution in [3.8, 4) is 5.75 Å². The van der Waals surface area contributed by atoms with Gasteiger partial charge in [-0.3, -0.25) is 14.6 Å². The molecule has 0 unspecified atom stereocenters. The van der Waals surface area contributed by atoms with E-state index in [4.69, 9.17) is 4.74 Å². The van der Waals surface area contributed by atoms with E-state index in [2.05, 4.69) is 27.2 Å². The summed E-state index contributed by atoms with van der Waals surface area (Å²) < 4.78 is 18.5. The van der Waals surface area contributed by atoms with Crippen LogP contribution in [-0.4, -0.2) is 55.5 Å². The Morgan fingerprint density at radius 1 is 1.04 bits per heavy atom. The molecule has 2 aromatic rings. The summed E-state index contributed by atoms with van der Waals surface area (Å²) in [5.74, 6) is 0.656. The number of rotatable bonds is 7. The van der Waals surface area contributed by atoms with Crippen LogP contribution in [0, 0.1) is 12.7 Å². The van der Waals surface area contributed by atoms with Crippen molar-refractivity contribution >= 4 is 5.91 Å². The molecule has 0 aliphatic carbocycles. The zero-order valence-corrected chi connectivity index (χ0v) is 16.6. The first-order valence-electron chi connectivity index (χ1n) is 9.63. The van der Waals surface area contributed by atoms with Gasteiger partial charge in [-0.25, -0.2) is 4.39 Å². The molecule has 0 radical (unpaired) electrons. The van der Waals surface area contributed by atoms with E-state index >= 15 is 0 Å². The third-order valence-corrected chi connectivity index (χ3v) is 5.11. The first kappa shape index (κ1) is 20.3. The van der Waals surface area contributed by atoms with Gasteiger partial charge in [-0.2, -0.15) is 0 Å². The molecule has 6 heteroatoms. The number of hydrogen-bond donors (Lipinski definition) is 1. The van der Waals surface area contributed by atoms with Gasteiger partial charge in [-0.15, -0.1) is 0 Å². The van der Waals surface area contributed by atoms with E-state index < -0.39 is 0 Å². The molecule has 5 nitrogen and oxygen atoms in total. The van der Waals surface area contributed by atoms with Crippen molar-refractivity contribution in [1.82, 2.24) is 15.1 Å². The molecule has 0 spiro atoms. The van der Waals surface area contributed by atoms with Gasteiger partial charge < -0.3 is 10.1 Å². The minimum Gasteiger partial charge on any atom is -0.497 e. The lowest BCUT2D eigenvalue weighted by atomic mass is 10.1. The van der Waals surface area contributed by atoms with Crippen molar-refractivity contribution in [2.45, 2.75) is 20.0 Å². The quantitative estimate of drug-likeness (QED) is 0.796. The Balaban J connectivity index is 1.38. The normalized spacial score (nSPS) is 15.4. The van der Waals surface area contributed by atoms with Gasteiger partial charge in [0.15, 0.2) is 0 Å². The summed E-state index contributed by atoms with van der Waals surface area (Å²) in [6.45, 7) is 7.10. The summed E-state index contributed by atoms with van der Waals surface area (Å²) in [6, 6.07) is 13.1. The van der Waals surface area contributed by atoms with Crippen LogP contribution in [0.3, 0.4) is 0 Å². The Kier molecular flexibility index (Phi) is 7.01. The zero-order valence-electron chi connectivity index (χ0n) is 16.6. The maximum Gasteiger partial charge on any atom is 0.234 e. The molecule has 150 valence electrons. The van der Waals surface area contributed by atoms with Crippen LogP contribution in [0.5, 0.6) is 5.75 Å². The van der Waals surface area contributed by atoms with Crippen LogP contribution in [0.25, 0.3) is 0 Å². The number of amides is 1. The number of piperazine rings is 1. The van der Waals surface area contributed by atoms with Crippen LogP contribution < -0.4 is 10.1 Å². The Labute approximate surface area is 166 Å². The van der Waals surface area contributed by atoms with E-state index in [9.17, 15) is 9.18 Å². The second-order valence-electron chi connectivity index (χ2n) is 7.26. The number of nitrogens with one attached hydrogen (secondary N) is 1. The second-order valence-corrected chi connectivity index (χ2v) is 7.26. The lowest BCUT2D eigenvalue weighted by Crippen LogP contribution is -2.49. The standard InChI is InChI=1S/C22H28FN3O2/c1-17-13-19(5-8-21(17)23)14-24-22(27)16-26-11-9-25(10-12-26)15-18-3-6-20(28-2)7-4-18/h3-8,13H,9-12,14-16H2,1-2H3,(H,24,27). The molecule has 0 saturated carbocycles. The first-order valence-corrected chi connectivity index (χ1v) is 9.63. The van der Waals surface area contributed by atoms with Gasteiger partial charge in [0.1, 0.15) is 11.6 Å². The average molecular weight is 385 g/mol. The monoisotopic (exact) mass is 385 g/mol. The number of ether oxygens (including phenoxy) is 1. The third-order valence-electron chi connectivity index (χ3n) is 5.11. The summed E-state index contributed by atoms with van der Waals surface area (Å²) in [7, 11) is 1.67. The van der Waals surface area contributed by atoms with Crippen LogP contribution in [0.15, 0.2) is 42.5 Å². The van der Waals surface area contributed by atoms with Gasteiger partial charge in [-0.1, -0.05) is 24.3 Å². The highest BCUT2D eigenvalue weighted by molar-refractivity contribution is 5.78. The van der Waals surface area contributed by atoms with Gasteiger partial charge in [0, 0.05) is 39.3 Å². The lowest BCUT2D eigenvalue weighted by Gasteiger charge is -2.34. The number of nitrogens with zero attached hydrogens (tertiary/aromatic N) is 2. The fourth-order valence-corrected chi connectivity index (χ4v) is 3.37. The maximum absolute atomic E-state index is 13.3. The molecule has 0 bridgehead atoms. The van der Waals surface area contributed by atoms with E-state index in [1.54, 1.807) is 26.2 Å². The number of halogens is 1. The molecule has 1 N–H and O–H groups in total. The van der Waals surface area contributed by atoms with E-state index in [0.717, 1.165) is 44.0 Å². The minimum absolute atomic E-state index is 0.00517. The van der Waals surface area contributed by atoms with Gasteiger partial charge in [0.2, 0.25) is 5.91 Å². The van der Waals surface area contributed by atoms with E-state index in [1.165, 1.54) is 11.6 Å². The summed E-state index contributed by atoms with van der Waals surface area (Å²) in [6.07, 6.45) is 0. The topological polar surface area (TPSA) is 44.8 Å². The number of methoxy groups -OCH3 is 1. The Morgan fingerprint density at radius 2 is 1.68 bits per heavy atom. The van der Waals surface area contributed by atoms with Gasteiger partial charge >= 0.3 is 0 Å². The molecular weight excluding hydrogens is 357 g/mol. The molecule has 1 aliphatic rings. The molecule has 2 aromatic carbocycles. The highest BCUT2D eigenvalue weighted by atomic mass is 19.1. The molecule has 28 heavy (non-hydrogen) atoms. The molecule has 1 saturated heterocycles. The smallest absolute Gasteiger partial charge is 0.234 e. The van der Waals surface area contributed by atoms with E-state index in [1.807, 2.05) is 12.1 Å². The molecule has 0 aromatic heterocycles. The Bertz CT molecular complexity index is 787. The van der Waals surface area contributed by atoms with Crippen LogP contribution in [0.2, 0.25) is 0 Å². The van der Waals surface area contributed by atoms with Crippen LogP contribution in [-0.2, 0) is 17.9 Å². The second kappa shape index (κ2) is 9.66. The lowest BCUT2D eigenvalue weighted by molar-refractivity contribution is -0.122. The summed E-state index contributed by atoms with van der Waals surface area (Å²) in [4.78, 5) is 16.8. The molecular formula is C22H28FN3O2. The predicted molar refractivity (Wildman–Crippen MR) is 108 cm³/mol. The number of hydrogen-bond acceptors (Lipinski definition) is 4. The fourth-order valence-electron chi connectivity index (χ4n) is 3.37. The first-order chi connectivity index (χ1) is 13.5. The van der Waals surface area contributed by atoms with Crippen LogP contribution in [0.1, 0.15) is 16.7 Å². The van der Waals surface area contributed by atoms with Crippen molar-refractivity contribution in [2.75, 3.05) is 39.8 Å². The van der Waals surface area contributed by atoms with Crippen LogP contribution >= 0.6 is 0 Å². The largest absolute Gasteiger partial charge is 0.497 e. The maximum atomic E-state index is 13.3. The minimum atomic E-state index is -0.220. The summed E-state index contributed by atoms with van der Waals surface area (Å²) in [5.41, 5.74) is 2.78. The van der Waals surface area contributed by atoms with Crippen molar-refractivity contribution in [3.63, 3.8) is 0 Å². The van der Waals surface area contributed by atoms with E-state index in [-0.39, 0.29) is 11.7 Å². The van der Waals surface area contributed by atoms with Crippen molar-refractivity contribution < 1.29 is 13.9 Å². The van der Waals surface area contributed by atoms with Crippen LogP contribution in [0.4, 0.5) is 4.39 Å². The van der Waals surface area contributed by atoms with Gasteiger partial charge in [0.05, 0.1) is 13.7 Å². The fraction of sp³-hybridized carbons (Fsp3) is 0.409. The zero-order chi connectivity index (χ0) is 19.9. The highest BCUT2D eigenvalue weighted by Gasteiger charge is 2.19. The number of aryl methyl sites for hydroxylation is 1.